The van der Waals surface area contributed by atoms with Gasteiger partial charge in [-0.25, -0.2) is 13.2 Å². The van der Waals surface area contributed by atoms with Crippen LogP contribution in [0.2, 0.25) is 0 Å². The van der Waals surface area contributed by atoms with Gasteiger partial charge in [0.25, 0.3) is 15.9 Å². The summed E-state index contributed by atoms with van der Waals surface area (Å²) in [4.78, 5) is 22.8. The number of nitrogens with zero attached hydrogens (tertiary/aromatic N) is 1. The van der Waals surface area contributed by atoms with Gasteiger partial charge in [0.1, 0.15) is 4.90 Å². The van der Waals surface area contributed by atoms with Crippen molar-refractivity contribution in [2.24, 2.45) is 0 Å². The van der Waals surface area contributed by atoms with E-state index in [1.54, 1.807) is 10.8 Å². The van der Waals surface area contributed by atoms with Crippen molar-refractivity contribution in [2.75, 3.05) is 4.31 Å². The number of hydrogen-bond acceptors (Lipinski definition) is 5. The molecule has 0 radical (unpaired) electrons. The fraction of sp³-hybridized carbons (Fsp3) is 0. The van der Waals surface area contributed by atoms with Crippen LogP contribution >= 0.6 is 11.3 Å². The summed E-state index contributed by atoms with van der Waals surface area (Å²) in [5, 5.41) is 12.1. The number of thiophene rings is 1. The van der Waals surface area contributed by atoms with Crippen molar-refractivity contribution in [1.82, 2.24) is 0 Å². The van der Waals surface area contributed by atoms with E-state index in [2.05, 4.69) is 0 Å². The summed E-state index contributed by atoms with van der Waals surface area (Å²) in [6.45, 7) is 0. The number of fused-ring (bicyclic) bond motifs is 1. The lowest BCUT2D eigenvalue weighted by Crippen LogP contribution is -2.29. The summed E-state index contributed by atoms with van der Waals surface area (Å²) in [5.41, 5.74) is 0.0709. The third kappa shape index (κ3) is 1.65. The molecule has 0 bridgehead atoms. The molecule has 1 aromatic heterocycles. The maximum absolute atomic E-state index is 12.4. The van der Waals surface area contributed by atoms with Crippen LogP contribution in [0.25, 0.3) is 0 Å². The molecule has 1 aliphatic heterocycles. The van der Waals surface area contributed by atoms with Crippen molar-refractivity contribution in [1.29, 1.82) is 0 Å². The first-order valence-corrected chi connectivity index (χ1v) is 7.80. The van der Waals surface area contributed by atoms with Gasteiger partial charge in [0, 0.05) is 5.38 Å². The number of rotatable bonds is 2. The van der Waals surface area contributed by atoms with Crippen LogP contribution in [0.3, 0.4) is 0 Å². The predicted octanol–water partition coefficient (Wildman–Crippen LogP) is 1.80. The summed E-state index contributed by atoms with van der Waals surface area (Å²) in [6, 6.07) is 4.97. The second-order valence-electron chi connectivity index (χ2n) is 4.07. The van der Waals surface area contributed by atoms with Gasteiger partial charge in [-0.1, -0.05) is 0 Å². The molecule has 20 heavy (non-hydrogen) atoms. The zero-order chi connectivity index (χ0) is 14.5. The number of sulfonamides is 1. The van der Waals surface area contributed by atoms with E-state index < -0.39 is 21.9 Å². The van der Waals surface area contributed by atoms with E-state index in [9.17, 15) is 18.0 Å². The summed E-state index contributed by atoms with van der Waals surface area (Å²) >= 11 is 1.26. The highest BCUT2D eigenvalue weighted by Gasteiger charge is 2.42. The number of carbonyl (C=O) groups excluding carboxylic acids is 1. The molecule has 2 aromatic rings. The molecule has 0 fully saturated rings. The number of carboxylic acids is 1. The van der Waals surface area contributed by atoms with Crippen LogP contribution in [0.5, 0.6) is 0 Å². The molecule has 102 valence electrons. The van der Waals surface area contributed by atoms with Crippen LogP contribution in [0.1, 0.15) is 20.7 Å². The summed E-state index contributed by atoms with van der Waals surface area (Å²) in [5.74, 6) is -1.92. The molecule has 0 saturated carbocycles. The van der Waals surface area contributed by atoms with E-state index in [-0.39, 0.29) is 21.7 Å². The van der Waals surface area contributed by atoms with Crippen molar-refractivity contribution in [3.05, 3.63) is 46.2 Å². The van der Waals surface area contributed by atoms with E-state index in [1.165, 1.54) is 29.5 Å². The minimum Gasteiger partial charge on any atom is -0.478 e. The quantitative estimate of drug-likeness (QED) is 0.913. The maximum atomic E-state index is 12.4. The van der Waals surface area contributed by atoms with Gasteiger partial charge in [-0.3, -0.25) is 4.79 Å². The second kappa shape index (κ2) is 4.15. The van der Waals surface area contributed by atoms with Crippen LogP contribution in [-0.4, -0.2) is 25.4 Å². The number of benzene rings is 1. The zero-order valence-corrected chi connectivity index (χ0v) is 11.4. The third-order valence-corrected chi connectivity index (χ3v) is 5.32. The van der Waals surface area contributed by atoms with Crippen LogP contribution < -0.4 is 4.31 Å². The third-order valence-electron chi connectivity index (χ3n) is 2.90. The molecule has 0 aliphatic carbocycles. The topological polar surface area (TPSA) is 91.8 Å². The number of carboxylic acid groups (broad SMARTS) is 1. The van der Waals surface area contributed by atoms with Crippen molar-refractivity contribution in [3.63, 3.8) is 0 Å². The summed E-state index contributed by atoms with van der Waals surface area (Å²) in [6.07, 6.45) is 0. The van der Waals surface area contributed by atoms with E-state index in [4.69, 9.17) is 5.11 Å². The molecule has 1 N–H and O–H groups in total. The van der Waals surface area contributed by atoms with Crippen molar-refractivity contribution >= 4 is 38.9 Å². The Morgan fingerprint density at radius 2 is 2.00 bits per heavy atom. The van der Waals surface area contributed by atoms with Crippen molar-refractivity contribution < 1.29 is 23.1 Å². The van der Waals surface area contributed by atoms with Gasteiger partial charge >= 0.3 is 5.97 Å². The molecule has 0 saturated heterocycles. The largest absolute Gasteiger partial charge is 0.478 e. The number of anilines is 1. The maximum Gasteiger partial charge on any atom is 0.335 e. The lowest BCUT2D eigenvalue weighted by Gasteiger charge is -2.12. The summed E-state index contributed by atoms with van der Waals surface area (Å²) in [7, 11) is -4.05. The van der Waals surface area contributed by atoms with Gasteiger partial charge in [-0.2, -0.15) is 15.6 Å². The Labute approximate surface area is 117 Å². The average molecular weight is 309 g/mol. The molecule has 0 spiro atoms. The fourth-order valence-electron chi connectivity index (χ4n) is 1.99. The molecular formula is C12H7NO5S2. The van der Waals surface area contributed by atoms with Crippen LogP contribution in [0.4, 0.5) is 5.69 Å². The number of hydrogen-bond donors (Lipinski definition) is 1. The Morgan fingerprint density at radius 3 is 2.60 bits per heavy atom. The number of carbonyl (C=O) groups is 2. The predicted molar refractivity (Wildman–Crippen MR) is 71.7 cm³/mol. The lowest BCUT2D eigenvalue weighted by molar-refractivity contribution is 0.0696. The van der Waals surface area contributed by atoms with Gasteiger partial charge in [0.15, 0.2) is 0 Å². The minimum absolute atomic E-state index is 0.0128. The van der Waals surface area contributed by atoms with Gasteiger partial charge in [-0.15, -0.1) is 0 Å². The van der Waals surface area contributed by atoms with Gasteiger partial charge in [-0.05, 0) is 29.6 Å². The van der Waals surface area contributed by atoms with E-state index in [1.807, 2.05) is 0 Å². The first-order chi connectivity index (χ1) is 9.43. The highest BCUT2D eigenvalue weighted by Crippen LogP contribution is 2.35. The van der Waals surface area contributed by atoms with E-state index in [0.717, 1.165) is 6.07 Å². The Hall–Kier alpha value is -2.19. The molecule has 1 aliphatic rings. The Bertz CT molecular complexity index is 824. The first-order valence-electron chi connectivity index (χ1n) is 5.42. The monoisotopic (exact) mass is 309 g/mol. The van der Waals surface area contributed by atoms with Gasteiger partial charge < -0.3 is 5.11 Å². The zero-order valence-electron chi connectivity index (χ0n) is 9.81. The normalized spacial score (nSPS) is 16.2. The van der Waals surface area contributed by atoms with Crippen LogP contribution in [0.15, 0.2) is 39.9 Å². The van der Waals surface area contributed by atoms with Gasteiger partial charge in [0.2, 0.25) is 0 Å². The van der Waals surface area contributed by atoms with Gasteiger partial charge in [0.05, 0.1) is 16.8 Å². The molecule has 6 nitrogen and oxygen atoms in total. The highest BCUT2D eigenvalue weighted by atomic mass is 32.2. The van der Waals surface area contributed by atoms with E-state index >= 15 is 0 Å². The standard InChI is InChI=1S/C12H7NO5S2/c14-11-9-2-1-7(12(15)16)5-10(9)20(17,18)13(11)8-3-4-19-6-8/h1-6H,(H,15,16). The number of aromatic carboxylic acids is 1. The fourth-order valence-corrected chi connectivity index (χ4v) is 4.29. The molecule has 2 heterocycles. The molecule has 1 amide bonds. The lowest BCUT2D eigenvalue weighted by atomic mass is 10.1. The van der Waals surface area contributed by atoms with E-state index in [0.29, 0.717) is 4.31 Å². The van der Waals surface area contributed by atoms with Crippen LogP contribution in [-0.2, 0) is 10.0 Å². The second-order valence-corrected chi connectivity index (χ2v) is 6.61. The molecule has 0 unspecified atom stereocenters. The Balaban J connectivity index is 2.24. The first kappa shape index (κ1) is 12.8. The summed E-state index contributed by atoms with van der Waals surface area (Å²) < 4.78 is 25.5. The molecular weight excluding hydrogens is 302 g/mol. The minimum atomic E-state index is -4.05. The Morgan fingerprint density at radius 1 is 1.25 bits per heavy atom. The smallest absolute Gasteiger partial charge is 0.335 e. The highest BCUT2D eigenvalue weighted by molar-refractivity contribution is 7.94. The molecule has 1 aromatic carbocycles. The molecule has 8 heteroatoms. The molecule has 0 atom stereocenters. The Kier molecular flexibility index (Phi) is 2.66. The molecule has 3 rings (SSSR count). The SMILES string of the molecule is O=C(O)c1ccc2c(c1)S(=O)(=O)N(c1ccsc1)C2=O. The number of amides is 1. The average Bonchev–Trinajstić information content (AvgIpc) is 2.96. The van der Waals surface area contributed by atoms with Crippen molar-refractivity contribution in [3.8, 4) is 0 Å². The van der Waals surface area contributed by atoms with Crippen LogP contribution in [0, 0.1) is 0 Å². The van der Waals surface area contributed by atoms with Crippen molar-refractivity contribution in [2.45, 2.75) is 4.90 Å².